The number of amides is 1. The van der Waals surface area contributed by atoms with E-state index in [9.17, 15) is 9.18 Å². The highest BCUT2D eigenvalue weighted by molar-refractivity contribution is 6.33. The van der Waals surface area contributed by atoms with Crippen molar-refractivity contribution in [3.63, 3.8) is 0 Å². The molecule has 3 nitrogen and oxygen atoms in total. The van der Waals surface area contributed by atoms with Gasteiger partial charge in [0.2, 0.25) is 0 Å². The summed E-state index contributed by atoms with van der Waals surface area (Å²) in [6, 6.07) is 2.95. The Hall–Kier alpha value is -1.13. The number of halogens is 2. The zero-order valence-electron chi connectivity index (χ0n) is 11.2. The first kappa shape index (κ1) is 14.3. The zero-order valence-corrected chi connectivity index (χ0v) is 11.9. The molecular formula is C14H18ClFN2O. The number of likely N-dealkylation sites (tertiary alicyclic amines) is 1. The Morgan fingerprint density at radius 1 is 1.58 bits per heavy atom. The summed E-state index contributed by atoms with van der Waals surface area (Å²) in [7, 11) is 1.87. The lowest BCUT2D eigenvalue weighted by molar-refractivity contribution is 0.0737. The minimum atomic E-state index is -0.380. The highest BCUT2D eigenvalue weighted by Crippen LogP contribution is 2.25. The summed E-state index contributed by atoms with van der Waals surface area (Å²) < 4.78 is 13.4. The van der Waals surface area contributed by atoms with Crippen molar-refractivity contribution >= 4 is 17.5 Å². The maximum Gasteiger partial charge on any atom is 0.255 e. The number of carbonyl (C=O) groups is 1. The van der Waals surface area contributed by atoms with Gasteiger partial charge in [0, 0.05) is 19.1 Å². The largest absolute Gasteiger partial charge is 0.334 e. The maximum absolute atomic E-state index is 13.4. The first-order valence-corrected chi connectivity index (χ1v) is 6.83. The van der Waals surface area contributed by atoms with Gasteiger partial charge < -0.3 is 10.2 Å². The third-order valence-electron chi connectivity index (χ3n) is 3.56. The molecule has 1 aliphatic heterocycles. The zero-order chi connectivity index (χ0) is 14.0. The van der Waals surface area contributed by atoms with Crippen LogP contribution >= 0.6 is 11.6 Å². The molecule has 2 rings (SSSR count). The number of hydrogen-bond acceptors (Lipinski definition) is 2. The number of aryl methyl sites for hydroxylation is 1. The first-order chi connectivity index (χ1) is 9.04. The molecule has 1 heterocycles. The third kappa shape index (κ3) is 2.90. The second-order valence-electron chi connectivity index (χ2n) is 4.93. The monoisotopic (exact) mass is 284 g/mol. The van der Waals surface area contributed by atoms with Gasteiger partial charge in [-0.05, 0) is 44.5 Å². The van der Waals surface area contributed by atoms with Gasteiger partial charge in [-0.15, -0.1) is 0 Å². The normalized spacial score (nSPS) is 18.9. The van der Waals surface area contributed by atoms with E-state index in [1.165, 1.54) is 12.1 Å². The van der Waals surface area contributed by atoms with Gasteiger partial charge in [0.15, 0.2) is 0 Å². The number of nitrogens with zero attached hydrogens (tertiary/aromatic N) is 1. The second kappa shape index (κ2) is 5.88. The van der Waals surface area contributed by atoms with Crippen molar-refractivity contribution in [3.05, 3.63) is 34.1 Å². The van der Waals surface area contributed by atoms with Gasteiger partial charge in [0.1, 0.15) is 5.82 Å². The van der Waals surface area contributed by atoms with Gasteiger partial charge in [-0.3, -0.25) is 4.79 Å². The van der Waals surface area contributed by atoms with Crippen LogP contribution in [0.25, 0.3) is 0 Å². The molecule has 1 amide bonds. The van der Waals surface area contributed by atoms with Crippen LogP contribution in [-0.2, 0) is 0 Å². The Balaban J connectivity index is 2.26. The fourth-order valence-corrected chi connectivity index (χ4v) is 2.76. The molecule has 1 aliphatic rings. The van der Waals surface area contributed by atoms with Crippen molar-refractivity contribution in [1.29, 1.82) is 0 Å². The van der Waals surface area contributed by atoms with E-state index >= 15 is 0 Å². The molecule has 1 unspecified atom stereocenters. The number of carbonyl (C=O) groups excluding carboxylic acids is 1. The SMILES string of the molecule is CNCC1CCCN1C(=O)c1cc(C)c(F)cc1Cl. The maximum atomic E-state index is 13.4. The summed E-state index contributed by atoms with van der Waals surface area (Å²) in [6.07, 6.45) is 1.99. The van der Waals surface area contributed by atoms with Crippen molar-refractivity contribution in [3.8, 4) is 0 Å². The smallest absolute Gasteiger partial charge is 0.255 e. The molecule has 0 saturated carbocycles. The van der Waals surface area contributed by atoms with E-state index in [0.29, 0.717) is 11.1 Å². The van der Waals surface area contributed by atoms with E-state index in [-0.39, 0.29) is 22.8 Å². The molecule has 1 saturated heterocycles. The molecule has 1 fully saturated rings. The molecular weight excluding hydrogens is 267 g/mol. The molecule has 5 heteroatoms. The lowest BCUT2D eigenvalue weighted by Crippen LogP contribution is -2.41. The molecule has 1 aromatic carbocycles. The molecule has 104 valence electrons. The summed E-state index contributed by atoms with van der Waals surface area (Å²) >= 11 is 6.00. The summed E-state index contributed by atoms with van der Waals surface area (Å²) in [5, 5.41) is 3.28. The Kier molecular flexibility index (Phi) is 4.42. The molecule has 0 aromatic heterocycles. The second-order valence-corrected chi connectivity index (χ2v) is 5.34. The van der Waals surface area contributed by atoms with Gasteiger partial charge in [-0.25, -0.2) is 4.39 Å². The van der Waals surface area contributed by atoms with Crippen LogP contribution in [0.5, 0.6) is 0 Å². The topological polar surface area (TPSA) is 32.3 Å². The average Bonchev–Trinajstić information content (AvgIpc) is 2.82. The van der Waals surface area contributed by atoms with Crippen LogP contribution in [0.2, 0.25) is 5.02 Å². The summed E-state index contributed by atoms with van der Waals surface area (Å²) in [5.74, 6) is -0.486. The van der Waals surface area contributed by atoms with Crippen LogP contribution in [0.3, 0.4) is 0 Å². The Labute approximate surface area is 117 Å². The molecule has 19 heavy (non-hydrogen) atoms. The molecule has 1 N–H and O–H groups in total. The van der Waals surface area contributed by atoms with Crippen LogP contribution in [0.1, 0.15) is 28.8 Å². The fourth-order valence-electron chi connectivity index (χ4n) is 2.53. The lowest BCUT2D eigenvalue weighted by atomic mass is 10.1. The van der Waals surface area contributed by atoms with E-state index in [1.807, 2.05) is 11.9 Å². The molecule has 0 bridgehead atoms. The van der Waals surface area contributed by atoms with Crippen LogP contribution in [0.15, 0.2) is 12.1 Å². The van der Waals surface area contributed by atoms with Crippen molar-refractivity contribution in [1.82, 2.24) is 10.2 Å². The van der Waals surface area contributed by atoms with Crippen LogP contribution in [0.4, 0.5) is 4.39 Å². The predicted octanol–water partition coefficient (Wildman–Crippen LogP) is 2.61. The Morgan fingerprint density at radius 3 is 3.00 bits per heavy atom. The van der Waals surface area contributed by atoms with Crippen LogP contribution in [-0.4, -0.2) is 37.0 Å². The third-order valence-corrected chi connectivity index (χ3v) is 3.87. The van der Waals surface area contributed by atoms with Gasteiger partial charge in [-0.2, -0.15) is 0 Å². The number of hydrogen-bond donors (Lipinski definition) is 1. The van der Waals surface area contributed by atoms with Gasteiger partial charge in [0.25, 0.3) is 5.91 Å². The van der Waals surface area contributed by atoms with Gasteiger partial charge in [-0.1, -0.05) is 11.6 Å². The lowest BCUT2D eigenvalue weighted by Gasteiger charge is -2.25. The standard InChI is InChI=1S/C14H18ClFN2O/c1-9-6-11(12(15)7-13(9)16)14(19)18-5-3-4-10(18)8-17-2/h6-7,10,17H,3-5,8H2,1-2H3. The van der Waals surface area contributed by atoms with Crippen molar-refractivity contribution in [2.45, 2.75) is 25.8 Å². The average molecular weight is 285 g/mol. The van der Waals surface area contributed by atoms with Crippen molar-refractivity contribution in [2.24, 2.45) is 0 Å². The predicted molar refractivity (Wildman–Crippen MR) is 74.1 cm³/mol. The number of rotatable bonds is 3. The molecule has 0 aliphatic carbocycles. The molecule has 1 atom stereocenters. The fraction of sp³-hybridized carbons (Fsp3) is 0.500. The van der Waals surface area contributed by atoms with E-state index < -0.39 is 0 Å². The van der Waals surface area contributed by atoms with Crippen molar-refractivity contribution < 1.29 is 9.18 Å². The van der Waals surface area contributed by atoms with E-state index in [4.69, 9.17) is 11.6 Å². The summed E-state index contributed by atoms with van der Waals surface area (Å²) in [4.78, 5) is 14.3. The first-order valence-electron chi connectivity index (χ1n) is 6.45. The Morgan fingerprint density at radius 2 is 2.32 bits per heavy atom. The number of benzene rings is 1. The summed E-state index contributed by atoms with van der Waals surface area (Å²) in [6.45, 7) is 3.14. The Bertz CT molecular complexity index is 493. The van der Waals surface area contributed by atoms with Crippen molar-refractivity contribution in [2.75, 3.05) is 20.1 Å². The minimum absolute atomic E-state index is 0.106. The van der Waals surface area contributed by atoms with E-state index in [1.54, 1.807) is 6.92 Å². The molecule has 1 aromatic rings. The quantitative estimate of drug-likeness (QED) is 0.925. The van der Waals surface area contributed by atoms with Crippen LogP contribution < -0.4 is 5.32 Å². The van der Waals surface area contributed by atoms with Crippen LogP contribution in [0, 0.1) is 12.7 Å². The van der Waals surface area contributed by atoms with Gasteiger partial charge in [0.05, 0.1) is 10.6 Å². The van der Waals surface area contributed by atoms with E-state index in [2.05, 4.69) is 5.32 Å². The highest BCUT2D eigenvalue weighted by atomic mass is 35.5. The highest BCUT2D eigenvalue weighted by Gasteiger charge is 2.30. The minimum Gasteiger partial charge on any atom is -0.334 e. The molecule has 0 radical (unpaired) electrons. The summed E-state index contributed by atoms with van der Waals surface area (Å²) in [5.41, 5.74) is 0.834. The van der Waals surface area contributed by atoms with Gasteiger partial charge >= 0.3 is 0 Å². The van der Waals surface area contributed by atoms with E-state index in [0.717, 1.165) is 25.9 Å². The molecule has 0 spiro atoms. The number of nitrogens with one attached hydrogen (secondary N) is 1. The number of likely N-dealkylation sites (N-methyl/N-ethyl adjacent to an activating group) is 1.